The van der Waals surface area contributed by atoms with Gasteiger partial charge in [0.25, 0.3) is 0 Å². The van der Waals surface area contributed by atoms with Gasteiger partial charge in [0.05, 0.1) is 31.5 Å². The lowest BCUT2D eigenvalue weighted by molar-refractivity contribution is -0.138. The Balaban J connectivity index is -0.000000432. The SMILES string of the molecule is CCCCCCC(O)CC=CCCCCCCCC(=O)O.CCCCCCC(O)CC=CCCCCCCCC(=O)O.CCCCCCC(O)CC=CCCCCCCCC(=O)O.OCC(O)CO. The maximum absolute atomic E-state index is 10.3. The van der Waals surface area contributed by atoms with Gasteiger partial charge in [-0.25, -0.2) is 0 Å². The molecule has 3 unspecified atom stereocenters. The second kappa shape index (κ2) is 63.4. The lowest BCUT2D eigenvalue weighted by atomic mass is 10.1. The lowest BCUT2D eigenvalue weighted by Gasteiger charge is -2.07. The minimum Gasteiger partial charge on any atom is -0.481 e. The van der Waals surface area contributed by atoms with Crippen molar-refractivity contribution in [1.29, 1.82) is 0 Å². The minimum atomic E-state index is -0.954. The van der Waals surface area contributed by atoms with Crippen molar-refractivity contribution in [2.75, 3.05) is 13.2 Å². The molecule has 0 aromatic rings. The number of rotatable bonds is 47. The van der Waals surface area contributed by atoms with Crippen LogP contribution >= 0.6 is 0 Å². The van der Waals surface area contributed by atoms with E-state index in [-0.39, 0.29) is 31.5 Å². The van der Waals surface area contributed by atoms with Crippen molar-refractivity contribution in [3.05, 3.63) is 36.5 Å². The van der Waals surface area contributed by atoms with E-state index in [1.807, 2.05) is 0 Å². The molecule has 12 nitrogen and oxygen atoms in total. The van der Waals surface area contributed by atoms with Crippen molar-refractivity contribution in [1.82, 2.24) is 0 Å². The highest BCUT2D eigenvalue weighted by atomic mass is 16.4. The molecule has 0 aromatic heterocycles. The normalized spacial score (nSPS) is 12.6. The summed E-state index contributed by atoms with van der Waals surface area (Å²) in [6.07, 6.45) is 51.1. The molecule has 0 rings (SSSR count). The zero-order valence-electron chi connectivity index (χ0n) is 44.5. The first-order valence-electron chi connectivity index (χ1n) is 27.8. The second-order valence-corrected chi connectivity index (χ2v) is 18.8. The molecule has 410 valence electrons. The molecule has 0 fully saturated rings. The topological polar surface area (TPSA) is 233 Å². The van der Waals surface area contributed by atoms with Crippen LogP contribution in [0.3, 0.4) is 0 Å². The average molecular weight is 987 g/mol. The minimum absolute atomic E-state index is 0.172. The maximum Gasteiger partial charge on any atom is 0.303 e. The number of carboxylic acids is 3. The van der Waals surface area contributed by atoms with Gasteiger partial charge in [0.15, 0.2) is 0 Å². The standard InChI is InChI=1S/3C18H34O3.C3H8O3/c3*1-2-3-4-11-14-17(19)15-12-9-7-5-6-8-10-13-16-18(20)21;4-1-3(6)2-5/h3*9,12,17,19H,2-8,10-11,13-16H2,1H3,(H,20,21);3-6H,1-2H2. The molecule has 0 bridgehead atoms. The third-order valence-corrected chi connectivity index (χ3v) is 11.6. The Morgan fingerprint density at radius 2 is 0.551 bits per heavy atom. The number of aliphatic hydroxyl groups excluding tert-OH is 6. The van der Waals surface area contributed by atoms with Crippen molar-refractivity contribution in [2.24, 2.45) is 0 Å². The van der Waals surface area contributed by atoms with Crippen LogP contribution in [0.15, 0.2) is 36.5 Å². The smallest absolute Gasteiger partial charge is 0.303 e. The predicted octanol–water partition coefficient (Wildman–Crippen LogP) is 13.6. The van der Waals surface area contributed by atoms with Gasteiger partial charge in [-0.3, -0.25) is 14.4 Å². The van der Waals surface area contributed by atoms with Gasteiger partial charge in [-0.1, -0.05) is 192 Å². The largest absolute Gasteiger partial charge is 0.481 e. The number of hydrogen-bond donors (Lipinski definition) is 9. The van der Waals surface area contributed by atoms with Crippen molar-refractivity contribution in [2.45, 2.75) is 296 Å². The fourth-order valence-corrected chi connectivity index (χ4v) is 7.15. The van der Waals surface area contributed by atoms with Crippen LogP contribution in [0.2, 0.25) is 0 Å². The van der Waals surface area contributed by atoms with E-state index in [9.17, 15) is 29.7 Å². The van der Waals surface area contributed by atoms with E-state index < -0.39 is 24.0 Å². The zero-order chi connectivity index (χ0) is 52.3. The summed E-state index contributed by atoms with van der Waals surface area (Å²) in [5.74, 6) is -2.07. The molecular weight excluding hydrogens is 877 g/mol. The Hall–Kier alpha value is -2.61. The second-order valence-electron chi connectivity index (χ2n) is 18.8. The van der Waals surface area contributed by atoms with E-state index in [1.54, 1.807) is 0 Å². The molecule has 0 saturated heterocycles. The van der Waals surface area contributed by atoms with E-state index in [0.717, 1.165) is 154 Å². The van der Waals surface area contributed by atoms with Crippen molar-refractivity contribution >= 4 is 17.9 Å². The molecule has 69 heavy (non-hydrogen) atoms. The zero-order valence-corrected chi connectivity index (χ0v) is 44.5. The fourth-order valence-electron chi connectivity index (χ4n) is 7.15. The van der Waals surface area contributed by atoms with Crippen LogP contribution in [-0.4, -0.2) is 101 Å². The number of aliphatic hydroxyl groups is 6. The molecule has 0 heterocycles. The first kappa shape index (κ1) is 72.9. The van der Waals surface area contributed by atoms with Crippen LogP contribution in [0.5, 0.6) is 0 Å². The summed E-state index contributed by atoms with van der Waals surface area (Å²) in [7, 11) is 0. The Morgan fingerprint density at radius 3 is 0.768 bits per heavy atom. The van der Waals surface area contributed by atoms with Gasteiger partial charge in [-0.2, -0.15) is 0 Å². The molecule has 0 aliphatic carbocycles. The fraction of sp³-hybridized carbons (Fsp3) is 0.842. The summed E-state index contributed by atoms with van der Waals surface area (Å²) in [4.78, 5) is 31.0. The number of unbranched alkanes of at least 4 members (excludes halogenated alkanes) is 24. The molecule has 9 N–H and O–H groups in total. The van der Waals surface area contributed by atoms with Crippen molar-refractivity contribution in [3.63, 3.8) is 0 Å². The summed E-state index contributed by atoms with van der Waals surface area (Å²) in [6, 6.07) is 0. The van der Waals surface area contributed by atoms with E-state index in [4.69, 9.17) is 30.6 Å². The highest BCUT2D eigenvalue weighted by Crippen LogP contribution is 2.14. The monoisotopic (exact) mass is 987 g/mol. The van der Waals surface area contributed by atoms with Crippen molar-refractivity contribution in [3.8, 4) is 0 Å². The van der Waals surface area contributed by atoms with Crippen LogP contribution in [0.1, 0.15) is 271 Å². The van der Waals surface area contributed by atoms with Crippen LogP contribution in [-0.2, 0) is 14.4 Å². The van der Waals surface area contributed by atoms with E-state index in [1.165, 1.54) is 77.0 Å². The van der Waals surface area contributed by atoms with Crippen LogP contribution in [0.25, 0.3) is 0 Å². The quantitative estimate of drug-likeness (QED) is 0.0205. The van der Waals surface area contributed by atoms with E-state index >= 15 is 0 Å². The lowest BCUT2D eigenvalue weighted by Crippen LogP contribution is -2.15. The number of carbonyl (C=O) groups is 3. The summed E-state index contributed by atoms with van der Waals surface area (Å²) in [5, 5.41) is 78.9. The first-order valence-corrected chi connectivity index (χ1v) is 27.8. The maximum atomic E-state index is 10.3. The third-order valence-electron chi connectivity index (χ3n) is 11.6. The molecule has 0 aromatic carbocycles. The summed E-state index contributed by atoms with van der Waals surface area (Å²) < 4.78 is 0. The average Bonchev–Trinajstić information content (AvgIpc) is 3.32. The highest BCUT2D eigenvalue weighted by Gasteiger charge is 2.04. The van der Waals surface area contributed by atoms with Crippen LogP contribution in [0, 0.1) is 0 Å². The third kappa shape index (κ3) is 77.1. The summed E-state index contributed by atoms with van der Waals surface area (Å²) >= 11 is 0. The van der Waals surface area contributed by atoms with E-state index in [0.29, 0.717) is 19.3 Å². The molecule has 0 saturated carbocycles. The van der Waals surface area contributed by atoms with E-state index in [2.05, 4.69) is 57.2 Å². The molecule has 3 atom stereocenters. The molecule has 0 spiro atoms. The molecule has 0 aliphatic heterocycles. The highest BCUT2D eigenvalue weighted by molar-refractivity contribution is 5.67. The molecule has 0 aliphatic rings. The number of carboxylic acid groups (broad SMARTS) is 3. The number of allylic oxidation sites excluding steroid dienone is 3. The molecular formula is C57H110O12. The van der Waals surface area contributed by atoms with Gasteiger partial charge in [-0.05, 0) is 96.3 Å². The van der Waals surface area contributed by atoms with Crippen molar-refractivity contribution < 1.29 is 60.3 Å². The predicted molar refractivity (Wildman–Crippen MR) is 286 cm³/mol. The summed E-state index contributed by atoms with van der Waals surface area (Å²) in [6.45, 7) is 5.87. The summed E-state index contributed by atoms with van der Waals surface area (Å²) in [5.41, 5.74) is 0. The Bertz CT molecular complexity index is 995. The van der Waals surface area contributed by atoms with Gasteiger partial charge in [-0.15, -0.1) is 0 Å². The Labute approximate surface area is 422 Å². The molecule has 0 amide bonds. The van der Waals surface area contributed by atoms with Gasteiger partial charge < -0.3 is 46.0 Å². The van der Waals surface area contributed by atoms with Crippen LogP contribution in [0.4, 0.5) is 0 Å². The Kier molecular flexibility index (Phi) is 67.0. The molecule has 12 heteroatoms. The first-order chi connectivity index (χ1) is 33.3. The Morgan fingerprint density at radius 1 is 0.319 bits per heavy atom. The van der Waals surface area contributed by atoms with Gasteiger partial charge in [0.1, 0.15) is 6.10 Å². The van der Waals surface area contributed by atoms with Crippen LogP contribution < -0.4 is 0 Å². The number of hydrogen-bond acceptors (Lipinski definition) is 9. The van der Waals surface area contributed by atoms with Gasteiger partial charge >= 0.3 is 17.9 Å². The molecule has 0 radical (unpaired) electrons. The van der Waals surface area contributed by atoms with Gasteiger partial charge in [0, 0.05) is 19.3 Å². The number of aliphatic carboxylic acids is 3. The van der Waals surface area contributed by atoms with Gasteiger partial charge in [0.2, 0.25) is 0 Å².